The summed E-state index contributed by atoms with van der Waals surface area (Å²) in [5, 5.41) is 6.86. The first kappa shape index (κ1) is 17.7. The largest absolute Gasteiger partial charge is 0.360 e. The summed E-state index contributed by atoms with van der Waals surface area (Å²) in [6, 6.07) is 7.91. The molecule has 10 heteroatoms. The number of carbonyl (C=O) groups excluding carboxylic acids is 1. The fourth-order valence-corrected chi connectivity index (χ4v) is 4.59. The number of hydrogen-bond donors (Lipinski definition) is 2. The predicted octanol–water partition coefficient (Wildman–Crippen LogP) is 1.32. The van der Waals surface area contributed by atoms with Crippen LogP contribution in [0.1, 0.15) is 0 Å². The fraction of sp³-hybridized carbons (Fsp3) is 0.235. The normalized spacial score (nSPS) is 17.9. The number of benzene rings is 1. The van der Waals surface area contributed by atoms with Gasteiger partial charge < -0.3 is 15.5 Å². The average molecular weight is 403 g/mol. The maximum absolute atomic E-state index is 12.3. The molecule has 2 aliphatic rings. The Hall–Kier alpha value is -2.72. The zero-order valence-electron chi connectivity index (χ0n) is 14.3. The molecule has 0 radical (unpaired) electrons. The number of hydrogen-bond acceptors (Lipinski definition) is 7. The topological polar surface area (TPSA) is 104 Å². The monoisotopic (exact) mass is 403 g/mol. The van der Waals surface area contributed by atoms with E-state index in [0.29, 0.717) is 31.0 Å². The van der Waals surface area contributed by atoms with Crippen molar-refractivity contribution in [1.82, 2.24) is 15.2 Å². The highest BCUT2D eigenvalue weighted by molar-refractivity contribution is 7.90. The quantitative estimate of drug-likeness (QED) is 0.730. The Morgan fingerprint density at radius 1 is 1.22 bits per heavy atom. The third kappa shape index (κ3) is 4.01. The van der Waals surface area contributed by atoms with E-state index >= 15 is 0 Å². The summed E-state index contributed by atoms with van der Waals surface area (Å²) in [6.45, 7) is 1.29. The molecule has 0 atom stereocenters. The summed E-state index contributed by atoms with van der Waals surface area (Å²) in [7, 11) is -3.39. The van der Waals surface area contributed by atoms with Gasteiger partial charge in [0, 0.05) is 25.8 Å². The van der Waals surface area contributed by atoms with Gasteiger partial charge in [0.25, 0.3) is 15.9 Å². The van der Waals surface area contributed by atoms with Crippen LogP contribution in [0.3, 0.4) is 0 Å². The third-order valence-corrected chi connectivity index (χ3v) is 6.22. The molecule has 0 spiro atoms. The highest BCUT2D eigenvalue weighted by Crippen LogP contribution is 2.25. The zero-order chi connectivity index (χ0) is 18.9. The third-order valence-electron chi connectivity index (χ3n) is 4.07. The van der Waals surface area contributed by atoms with Gasteiger partial charge in [-0.25, -0.2) is 13.4 Å². The number of anilines is 1. The molecule has 0 unspecified atom stereocenters. The van der Waals surface area contributed by atoms with Gasteiger partial charge in [0.15, 0.2) is 5.13 Å². The minimum Gasteiger partial charge on any atom is -0.360 e. The van der Waals surface area contributed by atoms with Gasteiger partial charge in [-0.2, -0.15) is 0 Å². The lowest BCUT2D eigenvalue weighted by atomic mass is 10.2. The molecule has 1 aromatic heterocycles. The Morgan fingerprint density at radius 3 is 2.93 bits per heavy atom. The lowest BCUT2D eigenvalue weighted by molar-refractivity contribution is -0.117. The Labute approximate surface area is 160 Å². The van der Waals surface area contributed by atoms with E-state index in [-0.39, 0.29) is 11.7 Å². The minimum absolute atomic E-state index is 0.0537. The van der Waals surface area contributed by atoms with Crippen LogP contribution in [-0.4, -0.2) is 55.4 Å². The Morgan fingerprint density at radius 2 is 2.07 bits per heavy atom. The van der Waals surface area contributed by atoms with Gasteiger partial charge in [-0.1, -0.05) is 23.5 Å². The van der Waals surface area contributed by atoms with E-state index in [2.05, 4.69) is 20.0 Å². The van der Waals surface area contributed by atoms with Gasteiger partial charge >= 0.3 is 0 Å². The van der Waals surface area contributed by atoms with Crippen LogP contribution in [0.5, 0.6) is 0 Å². The van der Waals surface area contributed by atoms with Crippen LogP contribution >= 0.6 is 11.3 Å². The molecule has 0 aliphatic carbocycles. The highest BCUT2D eigenvalue weighted by Gasteiger charge is 2.24. The number of nitrogens with zero attached hydrogens (tertiary/aromatic N) is 3. The van der Waals surface area contributed by atoms with Crippen LogP contribution in [0.4, 0.5) is 5.13 Å². The molecule has 1 amide bonds. The first-order valence-corrected chi connectivity index (χ1v) is 10.8. The van der Waals surface area contributed by atoms with E-state index in [0.717, 1.165) is 15.3 Å². The van der Waals surface area contributed by atoms with Crippen molar-refractivity contribution in [2.45, 2.75) is 0 Å². The molecule has 0 bridgehead atoms. The summed E-state index contributed by atoms with van der Waals surface area (Å²) in [5.41, 5.74) is 1.42. The maximum atomic E-state index is 12.3. The summed E-state index contributed by atoms with van der Waals surface area (Å²) >= 11 is 1.57. The van der Waals surface area contributed by atoms with Crippen molar-refractivity contribution in [2.24, 2.45) is 4.40 Å². The molecule has 140 valence electrons. The highest BCUT2D eigenvalue weighted by atomic mass is 32.2. The number of amides is 1. The lowest BCUT2D eigenvalue weighted by Gasteiger charge is -2.26. The Kier molecular flexibility index (Phi) is 4.66. The zero-order valence-corrected chi connectivity index (χ0v) is 15.9. The molecule has 4 rings (SSSR count). The first-order valence-electron chi connectivity index (χ1n) is 8.37. The Balaban J connectivity index is 1.30. The number of sulfonamides is 1. The summed E-state index contributed by atoms with van der Waals surface area (Å²) in [5.74, 6) is 0.0714. The van der Waals surface area contributed by atoms with Crippen molar-refractivity contribution in [3.8, 4) is 0 Å². The van der Waals surface area contributed by atoms with Gasteiger partial charge in [-0.15, -0.1) is 4.40 Å². The van der Waals surface area contributed by atoms with Crippen molar-refractivity contribution in [2.75, 3.05) is 30.7 Å². The summed E-state index contributed by atoms with van der Waals surface area (Å²) in [4.78, 5) is 18.5. The lowest BCUT2D eigenvalue weighted by Crippen LogP contribution is -2.38. The molecule has 0 fully saturated rings. The SMILES string of the molecule is O=C(NCCNc1nc2ccccc2s1)C1=CN2CCS(=O)(=O)N=C2C=C1. The molecule has 2 N–H and O–H groups in total. The van der Waals surface area contributed by atoms with Crippen molar-refractivity contribution in [3.63, 3.8) is 0 Å². The van der Waals surface area contributed by atoms with Crippen molar-refractivity contribution >= 4 is 48.5 Å². The van der Waals surface area contributed by atoms with Crippen LogP contribution in [0, 0.1) is 0 Å². The first-order chi connectivity index (χ1) is 13.0. The molecule has 27 heavy (non-hydrogen) atoms. The van der Waals surface area contributed by atoms with E-state index in [1.165, 1.54) is 0 Å². The molecular formula is C17H17N5O3S2. The van der Waals surface area contributed by atoms with Gasteiger partial charge in [-0.3, -0.25) is 4.79 Å². The molecule has 2 aliphatic heterocycles. The second kappa shape index (κ2) is 7.12. The smallest absolute Gasteiger partial charge is 0.256 e. The van der Waals surface area contributed by atoms with Gasteiger partial charge in [0.05, 0.1) is 21.5 Å². The van der Waals surface area contributed by atoms with E-state index in [1.54, 1.807) is 34.6 Å². The number of fused-ring (bicyclic) bond motifs is 2. The standard InChI is InChI=1S/C17H17N5O3S2/c23-16(12-5-6-15-21-27(24,25)10-9-22(15)11-12)18-7-8-19-17-20-13-3-1-2-4-14(13)26-17/h1-6,11H,7-10H2,(H,18,23)(H,19,20). The van der Waals surface area contributed by atoms with Crippen LogP contribution in [0.15, 0.2) is 52.6 Å². The van der Waals surface area contributed by atoms with E-state index in [9.17, 15) is 13.2 Å². The molecule has 0 saturated carbocycles. The van der Waals surface area contributed by atoms with Crippen LogP contribution in [0.2, 0.25) is 0 Å². The average Bonchev–Trinajstić information content (AvgIpc) is 3.07. The van der Waals surface area contributed by atoms with Crippen molar-refractivity contribution in [1.29, 1.82) is 0 Å². The molecule has 0 saturated heterocycles. The number of nitrogens with one attached hydrogen (secondary N) is 2. The van der Waals surface area contributed by atoms with Crippen molar-refractivity contribution < 1.29 is 13.2 Å². The maximum Gasteiger partial charge on any atom is 0.256 e. The predicted molar refractivity (Wildman–Crippen MR) is 106 cm³/mol. The molecule has 2 aromatic rings. The summed E-state index contributed by atoms with van der Waals surface area (Å²) < 4.78 is 27.8. The van der Waals surface area contributed by atoms with Crippen LogP contribution in [-0.2, 0) is 14.8 Å². The van der Waals surface area contributed by atoms with E-state index < -0.39 is 10.0 Å². The number of amidine groups is 1. The van der Waals surface area contributed by atoms with Gasteiger partial charge in [0.1, 0.15) is 5.84 Å². The second-order valence-corrected chi connectivity index (χ2v) is 8.80. The number of carbonyl (C=O) groups is 1. The summed E-state index contributed by atoms with van der Waals surface area (Å²) in [6.07, 6.45) is 4.75. The molecule has 8 nitrogen and oxygen atoms in total. The van der Waals surface area contributed by atoms with E-state index in [4.69, 9.17) is 0 Å². The molecule has 1 aromatic carbocycles. The Bertz CT molecular complexity index is 1050. The van der Waals surface area contributed by atoms with E-state index in [1.807, 2.05) is 24.3 Å². The molecule has 3 heterocycles. The minimum atomic E-state index is -3.39. The number of para-hydroxylation sites is 1. The molecular weight excluding hydrogens is 386 g/mol. The number of rotatable bonds is 5. The van der Waals surface area contributed by atoms with Gasteiger partial charge in [-0.05, 0) is 24.3 Å². The fourth-order valence-electron chi connectivity index (χ4n) is 2.73. The van der Waals surface area contributed by atoms with Gasteiger partial charge in [0.2, 0.25) is 0 Å². The number of thiazole rings is 1. The van der Waals surface area contributed by atoms with Crippen LogP contribution < -0.4 is 10.6 Å². The van der Waals surface area contributed by atoms with Crippen molar-refractivity contribution in [3.05, 3.63) is 48.2 Å². The van der Waals surface area contributed by atoms with Crippen LogP contribution in [0.25, 0.3) is 10.2 Å². The number of aromatic nitrogens is 1. The second-order valence-electron chi connectivity index (χ2n) is 6.02.